The highest BCUT2D eigenvalue weighted by atomic mass is 16.5. The average molecular weight is 579 g/mol. The Balaban J connectivity index is 2.17. The fourth-order valence-electron chi connectivity index (χ4n) is 4.35. The van der Waals surface area contributed by atoms with Crippen molar-refractivity contribution in [2.24, 2.45) is 0 Å². The molecular formula is C38H58O4. The quantitative estimate of drug-likeness (QED) is 0.0695. The van der Waals surface area contributed by atoms with Crippen LogP contribution in [0.4, 0.5) is 0 Å². The molecule has 0 bridgehead atoms. The zero-order valence-corrected chi connectivity index (χ0v) is 27.3. The maximum Gasteiger partial charge on any atom is 0.306 e. The van der Waals surface area contributed by atoms with E-state index < -0.39 is 0 Å². The van der Waals surface area contributed by atoms with Crippen LogP contribution in [-0.2, 0) is 9.53 Å². The lowest BCUT2D eigenvalue weighted by Gasteiger charge is -2.10. The number of rotatable bonds is 24. The van der Waals surface area contributed by atoms with Crippen LogP contribution >= 0.6 is 0 Å². The molecule has 0 aliphatic heterocycles. The molecule has 0 amide bonds. The van der Waals surface area contributed by atoms with E-state index in [0.29, 0.717) is 24.5 Å². The van der Waals surface area contributed by atoms with E-state index in [2.05, 4.69) is 64.2 Å². The summed E-state index contributed by atoms with van der Waals surface area (Å²) in [5.74, 6) is 1.27. The molecule has 0 aromatic heterocycles. The number of allylic oxidation sites excluding steroid dienone is 7. The first-order chi connectivity index (χ1) is 20.5. The lowest BCUT2D eigenvalue weighted by molar-refractivity contribution is -0.142. The van der Waals surface area contributed by atoms with E-state index in [0.717, 1.165) is 44.1 Å². The molecule has 0 spiro atoms. The van der Waals surface area contributed by atoms with Crippen molar-refractivity contribution in [1.29, 1.82) is 0 Å². The summed E-state index contributed by atoms with van der Waals surface area (Å²) in [5, 5.41) is 0. The van der Waals surface area contributed by atoms with Crippen LogP contribution in [0.1, 0.15) is 123 Å². The van der Waals surface area contributed by atoms with Gasteiger partial charge in [0.15, 0.2) is 11.5 Å². The Bertz CT molecular complexity index is 992. The van der Waals surface area contributed by atoms with Crippen molar-refractivity contribution in [2.45, 2.75) is 118 Å². The van der Waals surface area contributed by atoms with Crippen molar-refractivity contribution in [3.05, 3.63) is 77.4 Å². The number of methoxy groups -OCH3 is 1. The summed E-state index contributed by atoms with van der Waals surface area (Å²) in [6.45, 7) is 9.41. The van der Waals surface area contributed by atoms with Crippen molar-refractivity contribution in [1.82, 2.24) is 0 Å². The molecule has 0 aliphatic carbocycles. The molecule has 1 aromatic carbocycles. The summed E-state index contributed by atoms with van der Waals surface area (Å²) >= 11 is 0. The number of ether oxygens (including phenoxy) is 3. The zero-order chi connectivity index (χ0) is 30.7. The highest BCUT2D eigenvalue weighted by molar-refractivity contribution is 5.69. The molecule has 0 unspecified atom stereocenters. The number of esters is 1. The molecule has 0 saturated heterocycles. The maximum absolute atomic E-state index is 12.1. The lowest BCUT2D eigenvalue weighted by atomic mass is 10.1. The van der Waals surface area contributed by atoms with Crippen molar-refractivity contribution < 1.29 is 19.0 Å². The van der Waals surface area contributed by atoms with Gasteiger partial charge in [0.1, 0.15) is 13.2 Å². The summed E-state index contributed by atoms with van der Waals surface area (Å²) < 4.78 is 16.8. The van der Waals surface area contributed by atoms with Gasteiger partial charge in [-0.1, -0.05) is 92.7 Å². The summed E-state index contributed by atoms with van der Waals surface area (Å²) in [6, 6.07) is 5.83. The van der Waals surface area contributed by atoms with Gasteiger partial charge in [0.05, 0.1) is 7.11 Å². The van der Waals surface area contributed by atoms with E-state index in [1.165, 1.54) is 56.1 Å². The summed E-state index contributed by atoms with van der Waals surface area (Å²) in [6.07, 6.45) is 32.8. The van der Waals surface area contributed by atoms with E-state index in [4.69, 9.17) is 14.2 Å². The molecule has 4 nitrogen and oxygen atoms in total. The summed E-state index contributed by atoms with van der Waals surface area (Å²) in [4.78, 5) is 12.1. The number of benzene rings is 1. The molecule has 234 valence electrons. The van der Waals surface area contributed by atoms with Gasteiger partial charge in [-0.2, -0.15) is 0 Å². The van der Waals surface area contributed by atoms with Crippen molar-refractivity contribution in [3.8, 4) is 11.5 Å². The number of carbonyl (C=O) groups is 1. The predicted molar refractivity (Wildman–Crippen MR) is 180 cm³/mol. The highest BCUT2D eigenvalue weighted by Crippen LogP contribution is 2.28. The molecule has 0 N–H and O–H groups in total. The molecule has 42 heavy (non-hydrogen) atoms. The Morgan fingerprint density at radius 3 is 2.17 bits per heavy atom. The topological polar surface area (TPSA) is 44.8 Å². The molecule has 1 aromatic rings. The number of carbonyl (C=O) groups excluding carboxylic acids is 1. The minimum Gasteiger partial charge on any atom is -0.493 e. The third-order valence-corrected chi connectivity index (χ3v) is 6.93. The normalized spacial score (nSPS) is 12.0. The van der Waals surface area contributed by atoms with Crippen LogP contribution in [0.5, 0.6) is 11.5 Å². The molecule has 0 saturated carbocycles. The van der Waals surface area contributed by atoms with Crippen molar-refractivity contribution >= 4 is 12.0 Å². The molecule has 0 heterocycles. The van der Waals surface area contributed by atoms with Crippen LogP contribution in [-0.4, -0.2) is 26.3 Å². The summed E-state index contributed by atoms with van der Waals surface area (Å²) in [5.41, 5.74) is 3.64. The Morgan fingerprint density at radius 2 is 1.45 bits per heavy atom. The number of hydrogen-bond acceptors (Lipinski definition) is 4. The lowest BCUT2D eigenvalue weighted by Crippen LogP contribution is -2.04. The first-order valence-corrected chi connectivity index (χ1v) is 16.2. The van der Waals surface area contributed by atoms with Crippen molar-refractivity contribution in [3.63, 3.8) is 0 Å². The highest BCUT2D eigenvalue weighted by Gasteiger charge is 2.05. The zero-order valence-electron chi connectivity index (χ0n) is 27.3. The van der Waals surface area contributed by atoms with Gasteiger partial charge in [-0.25, -0.2) is 0 Å². The van der Waals surface area contributed by atoms with Crippen LogP contribution in [0.2, 0.25) is 0 Å². The largest absolute Gasteiger partial charge is 0.493 e. The molecule has 0 fully saturated rings. The summed E-state index contributed by atoms with van der Waals surface area (Å²) in [7, 11) is 1.64. The maximum atomic E-state index is 12.1. The van der Waals surface area contributed by atoms with Gasteiger partial charge < -0.3 is 14.2 Å². The second-order valence-corrected chi connectivity index (χ2v) is 11.2. The number of hydrogen-bond donors (Lipinski definition) is 0. The van der Waals surface area contributed by atoms with Crippen LogP contribution in [0.3, 0.4) is 0 Å². The first kappa shape index (κ1) is 37.0. The van der Waals surface area contributed by atoms with Crippen LogP contribution < -0.4 is 9.47 Å². The fourth-order valence-corrected chi connectivity index (χ4v) is 4.35. The second-order valence-electron chi connectivity index (χ2n) is 11.2. The molecule has 4 heteroatoms. The van der Waals surface area contributed by atoms with Crippen LogP contribution in [0.15, 0.2) is 71.9 Å². The molecule has 1 rings (SSSR count). The van der Waals surface area contributed by atoms with Gasteiger partial charge in [0, 0.05) is 6.42 Å². The number of unbranched alkanes of at least 4 members (excludes halogenated alkanes) is 8. The van der Waals surface area contributed by atoms with Gasteiger partial charge in [-0.3, -0.25) is 4.79 Å². The smallest absolute Gasteiger partial charge is 0.306 e. The third kappa shape index (κ3) is 20.8. The molecule has 0 atom stereocenters. The van der Waals surface area contributed by atoms with E-state index in [9.17, 15) is 4.79 Å². The van der Waals surface area contributed by atoms with E-state index in [1.54, 1.807) is 7.11 Å². The Hall–Kier alpha value is -3.01. The minimum atomic E-state index is -0.129. The Labute approximate surface area is 257 Å². The standard InChI is InChI=1S/C38H58O4/c1-6-7-8-9-10-11-12-13-14-15-16-17-18-19-20-26-38(39)42-30-22-25-35-27-28-36(37(32-35)40-5)41-31-29-34(4)24-21-23-33(2)3/h10-11,13-14,22-23,25,27-29,32H,6-9,12,15-21,24,26,30-31H2,1-5H3. The Kier molecular flexibility index (Phi) is 22.6. The average Bonchev–Trinajstić information content (AvgIpc) is 2.97. The molecule has 0 radical (unpaired) electrons. The van der Waals surface area contributed by atoms with Gasteiger partial charge in [-0.15, -0.1) is 0 Å². The molecule has 0 aliphatic rings. The van der Waals surface area contributed by atoms with Gasteiger partial charge in [0.2, 0.25) is 0 Å². The van der Waals surface area contributed by atoms with E-state index in [-0.39, 0.29) is 12.6 Å². The first-order valence-electron chi connectivity index (χ1n) is 16.2. The SMILES string of the molecule is CCCCCC=CCC=CCCCCCCCC(=O)OCC=Cc1ccc(OCC=C(C)CCC=C(C)C)c(OC)c1. The third-order valence-electron chi connectivity index (χ3n) is 6.93. The van der Waals surface area contributed by atoms with Crippen LogP contribution in [0, 0.1) is 0 Å². The fraction of sp³-hybridized carbons (Fsp3) is 0.553. The monoisotopic (exact) mass is 578 g/mol. The van der Waals surface area contributed by atoms with E-state index >= 15 is 0 Å². The Morgan fingerprint density at radius 1 is 0.738 bits per heavy atom. The van der Waals surface area contributed by atoms with Gasteiger partial charge in [0.25, 0.3) is 0 Å². The van der Waals surface area contributed by atoms with Gasteiger partial charge in [-0.05, 0) is 102 Å². The van der Waals surface area contributed by atoms with Gasteiger partial charge >= 0.3 is 5.97 Å². The molecular weight excluding hydrogens is 520 g/mol. The predicted octanol–water partition coefficient (Wildman–Crippen LogP) is 11.1. The second kappa shape index (κ2) is 25.7. The van der Waals surface area contributed by atoms with E-state index in [1.807, 2.05) is 30.4 Å². The van der Waals surface area contributed by atoms with Crippen molar-refractivity contribution in [2.75, 3.05) is 20.3 Å². The van der Waals surface area contributed by atoms with Crippen LogP contribution in [0.25, 0.3) is 6.08 Å². The minimum absolute atomic E-state index is 0.129.